The molecule has 2 aromatic rings. The number of hydrogen-bond acceptors (Lipinski definition) is 6. The van der Waals surface area contributed by atoms with Crippen LogP contribution in [-0.2, 0) is 4.79 Å². The van der Waals surface area contributed by atoms with Gasteiger partial charge in [0.15, 0.2) is 0 Å². The fourth-order valence-corrected chi connectivity index (χ4v) is 1.98. The number of aryl methyl sites for hydroxylation is 1. The van der Waals surface area contributed by atoms with Gasteiger partial charge in [-0.2, -0.15) is 0 Å². The van der Waals surface area contributed by atoms with E-state index in [0.29, 0.717) is 11.6 Å². The Balaban J connectivity index is 1.75. The molecule has 1 fully saturated rings. The maximum Gasteiger partial charge on any atom is 0.322 e. The van der Waals surface area contributed by atoms with Crippen LogP contribution in [0.3, 0.4) is 0 Å². The van der Waals surface area contributed by atoms with Crippen LogP contribution >= 0.6 is 11.3 Å². The third kappa shape index (κ3) is 2.19. The molecule has 0 bridgehead atoms. The van der Waals surface area contributed by atoms with Crippen molar-refractivity contribution in [3.63, 3.8) is 0 Å². The van der Waals surface area contributed by atoms with E-state index in [2.05, 4.69) is 20.5 Å². The van der Waals surface area contributed by atoms with Crippen LogP contribution in [0.15, 0.2) is 9.80 Å². The average molecular weight is 250 g/mol. The van der Waals surface area contributed by atoms with Crippen LogP contribution in [0, 0.1) is 12.8 Å². The maximum absolute atomic E-state index is 11.5. The Kier molecular flexibility index (Phi) is 2.40. The zero-order chi connectivity index (χ0) is 11.8. The zero-order valence-corrected chi connectivity index (χ0v) is 9.95. The molecule has 0 aromatic carbocycles. The summed E-state index contributed by atoms with van der Waals surface area (Å²) < 4.78 is 5.32. The summed E-state index contributed by atoms with van der Waals surface area (Å²) in [7, 11) is 0. The zero-order valence-electron chi connectivity index (χ0n) is 9.14. The number of thiazole rings is 1. The van der Waals surface area contributed by atoms with Crippen molar-refractivity contribution in [3.05, 3.63) is 10.4 Å². The van der Waals surface area contributed by atoms with E-state index < -0.39 is 0 Å². The van der Waals surface area contributed by atoms with Gasteiger partial charge in [-0.3, -0.25) is 10.1 Å². The van der Waals surface area contributed by atoms with Gasteiger partial charge in [-0.25, -0.2) is 4.98 Å². The Hall–Kier alpha value is -1.76. The summed E-state index contributed by atoms with van der Waals surface area (Å²) in [6.07, 6.45) is 1.89. The van der Waals surface area contributed by atoms with Crippen LogP contribution in [0.5, 0.6) is 0 Å². The molecule has 88 valence electrons. The van der Waals surface area contributed by atoms with Gasteiger partial charge in [0.1, 0.15) is 5.69 Å². The summed E-state index contributed by atoms with van der Waals surface area (Å²) in [5, 5.41) is 13.0. The first kappa shape index (κ1) is 10.4. The highest BCUT2D eigenvalue weighted by Gasteiger charge is 2.30. The van der Waals surface area contributed by atoms with E-state index in [-0.39, 0.29) is 17.8 Å². The average Bonchev–Trinajstić information content (AvgIpc) is 2.92. The van der Waals surface area contributed by atoms with E-state index in [1.165, 1.54) is 11.3 Å². The highest BCUT2D eigenvalue weighted by atomic mass is 32.1. The molecule has 6 nitrogen and oxygen atoms in total. The Morgan fingerprint density at radius 1 is 1.53 bits per heavy atom. The standard InChI is InChI=1S/C10H10N4O2S/c1-5-11-7(4-17-5)9-13-14-10(16-9)12-8(15)6-2-3-6/h4,6H,2-3H2,1H3,(H,12,14,15). The second-order valence-corrected chi connectivity index (χ2v) is 4.99. The quantitative estimate of drug-likeness (QED) is 0.899. The SMILES string of the molecule is Cc1nc(-c2nnc(NC(=O)C3CC3)o2)cs1. The van der Waals surface area contributed by atoms with Gasteiger partial charge in [0.2, 0.25) is 5.91 Å². The van der Waals surface area contributed by atoms with Gasteiger partial charge in [-0.1, -0.05) is 5.10 Å². The lowest BCUT2D eigenvalue weighted by Gasteiger charge is -1.95. The minimum Gasteiger partial charge on any atom is -0.401 e. The number of anilines is 1. The number of nitrogens with zero attached hydrogens (tertiary/aromatic N) is 3. The minimum atomic E-state index is -0.0466. The molecule has 17 heavy (non-hydrogen) atoms. The third-order valence-corrected chi connectivity index (χ3v) is 3.21. The van der Waals surface area contributed by atoms with E-state index in [1.54, 1.807) is 0 Å². The second-order valence-electron chi connectivity index (χ2n) is 3.93. The fourth-order valence-electron chi connectivity index (χ4n) is 1.39. The first-order valence-corrected chi connectivity index (χ1v) is 6.17. The Bertz CT molecular complexity index is 558. The van der Waals surface area contributed by atoms with Crippen molar-refractivity contribution >= 4 is 23.3 Å². The summed E-state index contributed by atoms with van der Waals surface area (Å²) in [6, 6.07) is 0.141. The first-order chi connectivity index (χ1) is 8.22. The van der Waals surface area contributed by atoms with Crippen molar-refractivity contribution in [2.24, 2.45) is 5.92 Å². The Morgan fingerprint density at radius 2 is 2.35 bits per heavy atom. The predicted octanol–water partition coefficient (Wildman–Crippen LogP) is 1.85. The van der Waals surface area contributed by atoms with Crippen LogP contribution < -0.4 is 5.32 Å². The largest absolute Gasteiger partial charge is 0.401 e. The fraction of sp³-hybridized carbons (Fsp3) is 0.400. The van der Waals surface area contributed by atoms with Crippen molar-refractivity contribution in [1.82, 2.24) is 15.2 Å². The number of hydrogen-bond donors (Lipinski definition) is 1. The van der Waals surface area contributed by atoms with Crippen molar-refractivity contribution in [2.45, 2.75) is 19.8 Å². The van der Waals surface area contributed by atoms with Gasteiger partial charge in [0, 0.05) is 11.3 Å². The van der Waals surface area contributed by atoms with Crippen LogP contribution in [-0.4, -0.2) is 21.1 Å². The highest BCUT2D eigenvalue weighted by Crippen LogP contribution is 2.30. The number of carbonyl (C=O) groups is 1. The lowest BCUT2D eigenvalue weighted by atomic mass is 10.4. The van der Waals surface area contributed by atoms with Gasteiger partial charge in [0.25, 0.3) is 5.89 Å². The predicted molar refractivity (Wildman–Crippen MR) is 61.5 cm³/mol. The molecule has 0 saturated heterocycles. The van der Waals surface area contributed by atoms with Crippen LogP contribution in [0.4, 0.5) is 6.01 Å². The van der Waals surface area contributed by atoms with E-state index in [4.69, 9.17) is 4.42 Å². The van der Waals surface area contributed by atoms with Gasteiger partial charge in [-0.15, -0.1) is 16.4 Å². The molecule has 0 aliphatic heterocycles. The molecule has 0 unspecified atom stereocenters. The molecule has 1 aliphatic carbocycles. The summed E-state index contributed by atoms with van der Waals surface area (Å²) in [4.78, 5) is 15.7. The van der Waals surface area contributed by atoms with Gasteiger partial charge >= 0.3 is 6.01 Å². The smallest absolute Gasteiger partial charge is 0.322 e. The second kappa shape index (κ2) is 3.92. The number of amides is 1. The number of nitrogens with one attached hydrogen (secondary N) is 1. The molecule has 0 atom stereocenters. The summed E-state index contributed by atoms with van der Waals surface area (Å²) >= 11 is 1.51. The van der Waals surface area contributed by atoms with Crippen LogP contribution in [0.2, 0.25) is 0 Å². The van der Waals surface area contributed by atoms with Crippen molar-refractivity contribution in [1.29, 1.82) is 0 Å². The van der Waals surface area contributed by atoms with E-state index in [9.17, 15) is 4.79 Å². The Labute approximate surface area is 101 Å². The molecule has 1 aliphatic rings. The molecule has 3 rings (SSSR count). The van der Waals surface area contributed by atoms with E-state index in [0.717, 1.165) is 17.8 Å². The number of aromatic nitrogens is 3. The van der Waals surface area contributed by atoms with Gasteiger partial charge < -0.3 is 4.42 Å². The van der Waals surface area contributed by atoms with E-state index in [1.807, 2.05) is 12.3 Å². The monoisotopic (exact) mass is 250 g/mol. The molecular formula is C10H10N4O2S. The van der Waals surface area contributed by atoms with Gasteiger partial charge in [-0.05, 0) is 19.8 Å². The molecule has 0 radical (unpaired) electrons. The van der Waals surface area contributed by atoms with Crippen molar-refractivity contribution in [2.75, 3.05) is 5.32 Å². The molecule has 7 heteroatoms. The first-order valence-electron chi connectivity index (χ1n) is 5.29. The Morgan fingerprint density at radius 3 is 3.00 bits per heavy atom. The lowest BCUT2D eigenvalue weighted by molar-refractivity contribution is -0.117. The van der Waals surface area contributed by atoms with Crippen molar-refractivity contribution < 1.29 is 9.21 Å². The molecule has 2 aromatic heterocycles. The third-order valence-electron chi connectivity index (χ3n) is 2.44. The van der Waals surface area contributed by atoms with Gasteiger partial charge in [0.05, 0.1) is 5.01 Å². The molecular weight excluding hydrogens is 240 g/mol. The van der Waals surface area contributed by atoms with Crippen LogP contribution in [0.1, 0.15) is 17.8 Å². The molecule has 1 saturated carbocycles. The lowest BCUT2D eigenvalue weighted by Crippen LogP contribution is -2.13. The maximum atomic E-state index is 11.5. The van der Waals surface area contributed by atoms with Crippen molar-refractivity contribution in [3.8, 4) is 11.6 Å². The molecule has 1 amide bonds. The number of rotatable bonds is 3. The summed E-state index contributed by atoms with van der Waals surface area (Å²) in [5.74, 6) is 0.405. The highest BCUT2D eigenvalue weighted by molar-refractivity contribution is 7.09. The molecule has 0 spiro atoms. The molecule has 2 heterocycles. The van der Waals surface area contributed by atoms with E-state index >= 15 is 0 Å². The summed E-state index contributed by atoms with van der Waals surface area (Å²) in [6.45, 7) is 1.90. The topological polar surface area (TPSA) is 80.9 Å². The molecule has 1 N–H and O–H groups in total. The van der Waals surface area contributed by atoms with Crippen LogP contribution in [0.25, 0.3) is 11.6 Å². The normalized spacial score (nSPS) is 14.9. The summed E-state index contributed by atoms with van der Waals surface area (Å²) in [5.41, 5.74) is 0.645. The number of carbonyl (C=O) groups excluding carboxylic acids is 1. The minimum absolute atomic E-state index is 0.0466.